The van der Waals surface area contributed by atoms with E-state index in [0.29, 0.717) is 44.9 Å². The van der Waals surface area contributed by atoms with Crippen molar-refractivity contribution in [3.63, 3.8) is 0 Å². The van der Waals surface area contributed by atoms with Crippen molar-refractivity contribution in [2.24, 2.45) is 17.8 Å². The molecule has 2 aliphatic heterocycles. The Morgan fingerprint density at radius 1 is 1.06 bits per heavy atom. The quantitative estimate of drug-likeness (QED) is 0.698. The summed E-state index contributed by atoms with van der Waals surface area (Å²) in [5, 5.41) is 11.6. The molecule has 184 valence electrons. The first-order valence-electron chi connectivity index (χ1n) is 12.0. The van der Waals surface area contributed by atoms with Gasteiger partial charge in [0, 0.05) is 63.7 Å². The smallest absolute Gasteiger partial charge is 0.227 e. The lowest BCUT2D eigenvalue weighted by molar-refractivity contribution is -0.152. The first kappa shape index (κ1) is 24.8. The fourth-order valence-electron chi connectivity index (χ4n) is 5.84. The highest BCUT2D eigenvalue weighted by Crippen LogP contribution is 2.43. The van der Waals surface area contributed by atoms with Crippen molar-refractivity contribution in [3.05, 3.63) is 71.3 Å². The van der Waals surface area contributed by atoms with Gasteiger partial charge in [-0.2, -0.15) is 0 Å². The Morgan fingerprint density at radius 3 is 2.35 bits per heavy atom. The van der Waals surface area contributed by atoms with Gasteiger partial charge < -0.3 is 14.7 Å². The van der Waals surface area contributed by atoms with E-state index in [1.807, 2.05) is 49.1 Å². The second-order valence-electron chi connectivity index (χ2n) is 9.87. The lowest BCUT2D eigenvalue weighted by atomic mass is 9.70. The van der Waals surface area contributed by atoms with Crippen LogP contribution in [0.1, 0.15) is 30.9 Å². The standard InChI is InChI=1S/C27H34F2N2O3/c1-18-14-31(15-19(2)27(18,33)20-7-5-4-6-8-20)26(32)24-17-30(11-12-34-3)16-23(24)22-10-9-21(28)13-25(22)29/h4-10,13,18-19,23-24,33H,11-12,14-17H2,1-3H3/t18-,19+,23-,24+,27?/m1/s1. The molecule has 0 saturated carbocycles. The summed E-state index contributed by atoms with van der Waals surface area (Å²) in [4.78, 5) is 17.7. The zero-order chi connectivity index (χ0) is 24.5. The van der Waals surface area contributed by atoms with Crippen LogP contribution in [0.4, 0.5) is 8.78 Å². The van der Waals surface area contributed by atoms with Crippen LogP contribution in [0.5, 0.6) is 0 Å². The number of hydrogen-bond donors (Lipinski definition) is 1. The number of piperidine rings is 1. The largest absolute Gasteiger partial charge is 0.384 e. The molecule has 2 aromatic rings. The van der Waals surface area contributed by atoms with E-state index in [4.69, 9.17) is 4.74 Å². The number of carbonyl (C=O) groups excluding carboxylic acids is 1. The van der Waals surface area contributed by atoms with E-state index in [0.717, 1.165) is 11.6 Å². The summed E-state index contributed by atoms with van der Waals surface area (Å²) in [5.41, 5.74) is 0.208. The molecule has 2 heterocycles. The molecule has 4 rings (SSSR count). The van der Waals surface area contributed by atoms with Gasteiger partial charge in [-0.15, -0.1) is 0 Å². The highest BCUT2D eigenvalue weighted by Gasteiger charge is 2.49. The van der Waals surface area contributed by atoms with E-state index >= 15 is 0 Å². The highest BCUT2D eigenvalue weighted by molar-refractivity contribution is 5.81. The molecule has 7 heteroatoms. The first-order valence-corrected chi connectivity index (χ1v) is 12.0. The third-order valence-electron chi connectivity index (χ3n) is 7.73. The number of methoxy groups -OCH3 is 1. The van der Waals surface area contributed by atoms with Crippen molar-refractivity contribution >= 4 is 5.91 Å². The molecule has 0 bridgehead atoms. The zero-order valence-corrected chi connectivity index (χ0v) is 20.1. The zero-order valence-electron chi connectivity index (χ0n) is 20.1. The number of nitrogens with zero attached hydrogens (tertiary/aromatic N) is 2. The summed E-state index contributed by atoms with van der Waals surface area (Å²) in [6, 6.07) is 13.2. The van der Waals surface area contributed by atoms with E-state index in [2.05, 4.69) is 4.90 Å². The molecule has 0 aliphatic carbocycles. The van der Waals surface area contributed by atoms with Crippen LogP contribution in [0.3, 0.4) is 0 Å². The topological polar surface area (TPSA) is 53.0 Å². The minimum Gasteiger partial charge on any atom is -0.384 e. The Morgan fingerprint density at radius 2 is 1.74 bits per heavy atom. The van der Waals surface area contributed by atoms with Gasteiger partial charge in [0.25, 0.3) is 0 Å². The summed E-state index contributed by atoms with van der Waals surface area (Å²) in [6.07, 6.45) is 0. The molecule has 1 amide bonds. The van der Waals surface area contributed by atoms with E-state index in [1.165, 1.54) is 12.1 Å². The molecule has 0 aromatic heterocycles. The summed E-state index contributed by atoms with van der Waals surface area (Å²) in [7, 11) is 1.63. The predicted octanol–water partition coefficient (Wildman–Crippen LogP) is 3.63. The number of halogens is 2. The summed E-state index contributed by atoms with van der Waals surface area (Å²) in [5.74, 6) is -2.44. The van der Waals surface area contributed by atoms with Gasteiger partial charge >= 0.3 is 0 Å². The molecule has 2 aliphatic rings. The molecule has 2 fully saturated rings. The molecule has 1 N–H and O–H groups in total. The van der Waals surface area contributed by atoms with Crippen LogP contribution >= 0.6 is 0 Å². The maximum Gasteiger partial charge on any atom is 0.227 e. The molecule has 0 spiro atoms. The van der Waals surface area contributed by atoms with Crippen LogP contribution in [-0.2, 0) is 15.1 Å². The number of likely N-dealkylation sites (tertiary alicyclic amines) is 2. The van der Waals surface area contributed by atoms with Gasteiger partial charge in [0.1, 0.15) is 11.6 Å². The van der Waals surface area contributed by atoms with Crippen LogP contribution in [0.15, 0.2) is 48.5 Å². The normalized spacial score (nSPS) is 30.0. The minimum atomic E-state index is -1.03. The summed E-state index contributed by atoms with van der Waals surface area (Å²) in [6.45, 7) is 6.94. The lowest BCUT2D eigenvalue weighted by Gasteiger charge is -2.48. The third kappa shape index (κ3) is 4.61. The van der Waals surface area contributed by atoms with Crippen molar-refractivity contribution in [2.45, 2.75) is 25.4 Å². The molecule has 2 aromatic carbocycles. The Kier molecular flexibility index (Phi) is 7.36. The minimum absolute atomic E-state index is 0.0394. The fourth-order valence-corrected chi connectivity index (χ4v) is 5.84. The number of aliphatic hydroxyl groups is 1. The van der Waals surface area contributed by atoms with Gasteiger partial charge in [-0.05, 0) is 17.2 Å². The fraction of sp³-hybridized carbons (Fsp3) is 0.519. The molecule has 5 nitrogen and oxygen atoms in total. The maximum absolute atomic E-state index is 14.7. The van der Waals surface area contributed by atoms with Crippen LogP contribution < -0.4 is 0 Å². The second kappa shape index (κ2) is 10.1. The number of hydrogen-bond acceptors (Lipinski definition) is 4. The molecule has 1 unspecified atom stereocenters. The summed E-state index contributed by atoms with van der Waals surface area (Å²) < 4.78 is 33.5. The van der Waals surface area contributed by atoms with Gasteiger partial charge in [-0.25, -0.2) is 8.78 Å². The van der Waals surface area contributed by atoms with E-state index < -0.39 is 23.2 Å². The number of carbonyl (C=O) groups is 1. The predicted molar refractivity (Wildman–Crippen MR) is 126 cm³/mol. The number of benzene rings is 2. The Balaban J connectivity index is 1.57. The van der Waals surface area contributed by atoms with Crippen molar-refractivity contribution in [3.8, 4) is 0 Å². The van der Waals surface area contributed by atoms with E-state index in [1.54, 1.807) is 7.11 Å². The average molecular weight is 473 g/mol. The van der Waals surface area contributed by atoms with Crippen LogP contribution in [0.25, 0.3) is 0 Å². The van der Waals surface area contributed by atoms with Crippen molar-refractivity contribution in [1.82, 2.24) is 9.80 Å². The molecular formula is C27H34F2N2O3. The number of amides is 1. The van der Waals surface area contributed by atoms with Gasteiger partial charge in [-0.3, -0.25) is 9.69 Å². The van der Waals surface area contributed by atoms with Crippen LogP contribution in [0, 0.1) is 29.4 Å². The molecule has 0 radical (unpaired) electrons. The average Bonchev–Trinajstić information content (AvgIpc) is 3.24. The van der Waals surface area contributed by atoms with Crippen molar-refractivity contribution < 1.29 is 23.4 Å². The Hall–Kier alpha value is -2.35. The SMILES string of the molecule is COCCN1C[C@H](C(=O)N2C[C@@H](C)C(O)(c3ccccc3)[C@@H](C)C2)[C@@H](c2ccc(F)cc2F)C1. The second-order valence-corrected chi connectivity index (χ2v) is 9.87. The van der Waals surface area contributed by atoms with Gasteiger partial charge in [0.15, 0.2) is 0 Å². The van der Waals surface area contributed by atoms with Gasteiger partial charge in [0.2, 0.25) is 5.91 Å². The van der Waals surface area contributed by atoms with E-state index in [-0.39, 0.29) is 23.7 Å². The summed E-state index contributed by atoms with van der Waals surface area (Å²) >= 11 is 0. The molecule has 5 atom stereocenters. The maximum atomic E-state index is 14.7. The highest BCUT2D eigenvalue weighted by atomic mass is 19.1. The van der Waals surface area contributed by atoms with Crippen LogP contribution in [0.2, 0.25) is 0 Å². The van der Waals surface area contributed by atoms with Gasteiger partial charge in [0.05, 0.1) is 18.1 Å². The molecular weight excluding hydrogens is 438 g/mol. The Bertz CT molecular complexity index is 991. The Labute approximate surface area is 200 Å². The van der Waals surface area contributed by atoms with E-state index in [9.17, 15) is 18.7 Å². The van der Waals surface area contributed by atoms with Crippen molar-refractivity contribution in [2.75, 3.05) is 46.4 Å². The molecule has 34 heavy (non-hydrogen) atoms. The van der Waals surface area contributed by atoms with Gasteiger partial charge in [-0.1, -0.05) is 50.2 Å². The first-order chi connectivity index (χ1) is 16.3. The monoisotopic (exact) mass is 472 g/mol. The van der Waals surface area contributed by atoms with Crippen molar-refractivity contribution in [1.29, 1.82) is 0 Å². The van der Waals surface area contributed by atoms with Crippen LogP contribution in [-0.4, -0.2) is 67.3 Å². The lowest BCUT2D eigenvalue weighted by Crippen LogP contribution is -2.57. The number of rotatable bonds is 6. The third-order valence-corrected chi connectivity index (χ3v) is 7.73. The molecule has 2 saturated heterocycles. The number of ether oxygens (including phenoxy) is 1.